The predicted molar refractivity (Wildman–Crippen MR) is 118 cm³/mol. The van der Waals surface area contributed by atoms with E-state index in [2.05, 4.69) is 15.6 Å². The Balaban J connectivity index is 0.00000676. The van der Waals surface area contributed by atoms with Crippen molar-refractivity contribution in [1.82, 2.24) is 10.6 Å². The van der Waals surface area contributed by atoms with E-state index in [0.717, 1.165) is 31.9 Å². The Morgan fingerprint density at radius 2 is 2.00 bits per heavy atom. The summed E-state index contributed by atoms with van der Waals surface area (Å²) in [7, 11) is 1.66. The highest BCUT2D eigenvalue weighted by atomic mass is 127. The Hall–Kier alpha value is -1.13. The summed E-state index contributed by atoms with van der Waals surface area (Å²) in [6.45, 7) is 7.98. The molecule has 0 aliphatic rings. The van der Waals surface area contributed by atoms with Gasteiger partial charge in [0.25, 0.3) is 0 Å². The zero-order chi connectivity index (χ0) is 19.0. The Morgan fingerprint density at radius 3 is 2.67 bits per heavy atom. The fourth-order valence-corrected chi connectivity index (χ4v) is 2.14. The Labute approximate surface area is 179 Å². The summed E-state index contributed by atoms with van der Waals surface area (Å²) >= 11 is 0. The third-order valence-electron chi connectivity index (χ3n) is 3.54. The van der Waals surface area contributed by atoms with Crippen molar-refractivity contribution in [1.29, 1.82) is 0 Å². The Kier molecular flexibility index (Phi) is 16.3. The van der Waals surface area contributed by atoms with Crippen LogP contribution in [-0.2, 0) is 9.47 Å². The van der Waals surface area contributed by atoms with E-state index in [9.17, 15) is 4.39 Å². The molecule has 0 spiro atoms. The van der Waals surface area contributed by atoms with Crippen LogP contribution in [0.5, 0.6) is 5.75 Å². The molecule has 27 heavy (non-hydrogen) atoms. The maximum Gasteiger partial charge on any atom is 0.191 e. The summed E-state index contributed by atoms with van der Waals surface area (Å²) < 4.78 is 29.4. The lowest BCUT2D eigenvalue weighted by Gasteiger charge is -2.17. The van der Waals surface area contributed by atoms with Crippen LogP contribution in [0.25, 0.3) is 0 Å². The SMILES string of the molecule is CCNC(=NCC(CC)Oc1cccc(F)c1)NCCCOCCOC.I. The van der Waals surface area contributed by atoms with Crippen LogP contribution in [0.4, 0.5) is 4.39 Å². The molecule has 2 N–H and O–H groups in total. The van der Waals surface area contributed by atoms with Gasteiger partial charge in [-0.3, -0.25) is 0 Å². The molecule has 0 amide bonds. The molecule has 0 radical (unpaired) electrons. The monoisotopic (exact) mass is 497 g/mol. The first kappa shape index (κ1) is 25.9. The van der Waals surface area contributed by atoms with E-state index in [1.54, 1.807) is 19.2 Å². The lowest BCUT2D eigenvalue weighted by molar-refractivity contribution is 0.0698. The van der Waals surface area contributed by atoms with Crippen molar-refractivity contribution in [2.75, 3.05) is 46.6 Å². The van der Waals surface area contributed by atoms with Gasteiger partial charge < -0.3 is 24.8 Å². The number of rotatable bonds is 13. The molecule has 1 atom stereocenters. The second-order valence-electron chi connectivity index (χ2n) is 5.71. The minimum Gasteiger partial charge on any atom is -0.488 e. The van der Waals surface area contributed by atoms with Crippen molar-refractivity contribution in [2.24, 2.45) is 4.99 Å². The predicted octanol–water partition coefficient (Wildman–Crippen LogP) is 3.21. The summed E-state index contributed by atoms with van der Waals surface area (Å²) in [5.41, 5.74) is 0. The molecule has 8 heteroatoms. The Morgan fingerprint density at radius 1 is 1.19 bits per heavy atom. The fraction of sp³-hybridized carbons (Fsp3) is 0.632. The molecule has 0 saturated heterocycles. The highest BCUT2D eigenvalue weighted by molar-refractivity contribution is 14.0. The van der Waals surface area contributed by atoms with E-state index in [0.29, 0.717) is 32.1 Å². The third kappa shape index (κ3) is 12.8. The number of aliphatic imine (C=N–C) groups is 1. The quantitative estimate of drug-likeness (QED) is 0.190. The maximum atomic E-state index is 13.3. The van der Waals surface area contributed by atoms with Gasteiger partial charge in [-0.15, -0.1) is 24.0 Å². The molecule has 0 heterocycles. The van der Waals surface area contributed by atoms with Crippen molar-refractivity contribution in [3.8, 4) is 5.75 Å². The van der Waals surface area contributed by atoms with Gasteiger partial charge in [-0.05, 0) is 31.9 Å². The number of halogens is 2. The van der Waals surface area contributed by atoms with Crippen molar-refractivity contribution >= 4 is 29.9 Å². The van der Waals surface area contributed by atoms with Crippen molar-refractivity contribution < 1.29 is 18.6 Å². The van der Waals surface area contributed by atoms with E-state index < -0.39 is 0 Å². The van der Waals surface area contributed by atoms with Crippen LogP contribution < -0.4 is 15.4 Å². The van der Waals surface area contributed by atoms with E-state index in [1.807, 2.05) is 13.8 Å². The summed E-state index contributed by atoms with van der Waals surface area (Å²) in [6, 6.07) is 6.18. The Bertz CT molecular complexity index is 521. The van der Waals surface area contributed by atoms with Gasteiger partial charge in [0.15, 0.2) is 5.96 Å². The van der Waals surface area contributed by atoms with Gasteiger partial charge >= 0.3 is 0 Å². The molecular formula is C19H33FIN3O3. The van der Waals surface area contributed by atoms with Crippen LogP contribution in [0.3, 0.4) is 0 Å². The molecule has 0 bridgehead atoms. The lowest BCUT2D eigenvalue weighted by atomic mass is 10.2. The summed E-state index contributed by atoms with van der Waals surface area (Å²) in [5.74, 6) is 0.965. The molecule has 1 unspecified atom stereocenters. The molecule has 0 fully saturated rings. The second-order valence-corrected chi connectivity index (χ2v) is 5.71. The third-order valence-corrected chi connectivity index (χ3v) is 3.54. The van der Waals surface area contributed by atoms with Crippen LogP contribution in [0.1, 0.15) is 26.7 Å². The van der Waals surface area contributed by atoms with Crippen LogP contribution in [-0.4, -0.2) is 58.6 Å². The highest BCUT2D eigenvalue weighted by Gasteiger charge is 2.09. The number of benzene rings is 1. The molecule has 156 valence electrons. The van der Waals surface area contributed by atoms with Gasteiger partial charge in [0.2, 0.25) is 0 Å². The van der Waals surface area contributed by atoms with Crippen molar-refractivity contribution in [3.05, 3.63) is 30.1 Å². The average Bonchev–Trinajstić information content (AvgIpc) is 2.64. The van der Waals surface area contributed by atoms with Crippen molar-refractivity contribution in [3.63, 3.8) is 0 Å². The van der Waals surface area contributed by atoms with Crippen LogP contribution in [0.2, 0.25) is 0 Å². The summed E-state index contributed by atoms with van der Waals surface area (Å²) in [6.07, 6.45) is 1.56. The van der Waals surface area contributed by atoms with Gasteiger partial charge in [0.05, 0.1) is 19.8 Å². The molecule has 1 aromatic carbocycles. The normalized spacial score (nSPS) is 12.2. The number of hydrogen-bond donors (Lipinski definition) is 2. The largest absolute Gasteiger partial charge is 0.488 e. The fourth-order valence-electron chi connectivity index (χ4n) is 2.14. The molecule has 6 nitrogen and oxygen atoms in total. The molecule has 1 aromatic rings. The van der Waals surface area contributed by atoms with Gasteiger partial charge in [-0.2, -0.15) is 0 Å². The molecule has 1 rings (SSSR count). The first-order chi connectivity index (χ1) is 12.7. The molecule has 0 aliphatic carbocycles. The van der Waals surface area contributed by atoms with E-state index in [1.165, 1.54) is 12.1 Å². The minimum atomic E-state index is -0.302. The van der Waals surface area contributed by atoms with Crippen molar-refractivity contribution in [2.45, 2.75) is 32.8 Å². The molecular weight excluding hydrogens is 464 g/mol. The number of nitrogens with zero attached hydrogens (tertiary/aromatic N) is 1. The minimum absolute atomic E-state index is 0. The number of methoxy groups -OCH3 is 1. The first-order valence-electron chi connectivity index (χ1n) is 9.20. The van der Waals surface area contributed by atoms with Gasteiger partial charge in [-0.1, -0.05) is 13.0 Å². The van der Waals surface area contributed by atoms with Crippen LogP contribution in [0.15, 0.2) is 29.3 Å². The molecule has 0 aromatic heterocycles. The highest BCUT2D eigenvalue weighted by Crippen LogP contribution is 2.15. The molecule has 0 saturated carbocycles. The maximum absolute atomic E-state index is 13.3. The zero-order valence-electron chi connectivity index (χ0n) is 16.5. The smallest absolute Gasteiger partial charge is 0.191 e. The van der Waals surface area contributed by atoms with Crippen LogP contribution in [0, 0.1) is 5.82 Å². The van der Waals surface area contributed by atoms with Crippen LogP contribution >= 0.6 is 24.0 Å². The summed E-state index contributed by atoms with van der Waals surface area (Å²) in [5, 5.41) is 6.48. The zero-order valence-corrected chi connectivity index (χ0v) is 18.8. The van der Waals surface area contributed by atoms with Gasteiger partial charge in [-0.25, -0.2) is 9.38 Å². The van der Waals surface area contributed by atoms with E-state index in [4.69, 9.17) is 14.2 Å². The average molecular weight is 497 g/mol. The lowest BCUT2D eigenvalue weighted by Crippen LogP contribution is -2.39. The summed E-state index contributed by atoms with van der Waals surface area (Å²) in [4.78, 5) is 4.57. The number of guanidine groups is 1. The van der Waals surface area contributed by atoms with E-state index >= 15 is 0 Å². The number of ether oxygens (including phenoxy) is 3. The van der Waals surface area contributed by atoms with E-state index in [-0.39, 0.29) is 35.9 Å². The van der Waals surface area contributed by atoms with Gasteiger partial charge in [0, 0.05) is 32.9 Å². The second kappa shape index (κ2) is 17.0. The number of hydrogen-bond acceptors (Lipinski definition) is 4. The standard InChI is InChI=1S/C19H32FN3O3.HI/c1-4-17(26-18-9-6-8-16(20)14-18)15-23-19(21-5-2)22-10-7-11-25-13-12-24-3;/h6,8-9,14,17H,4-5,7,10-13,15H2,1-3H3,(H2,21,22,23);1H. The topological polar surface area (TPSA) is 64.1 Å². The first-order valence-corrected chi connectivity index (χ1v) is 9.20. The number of nitrogens with one attached hydrogen (secondary N) is 2. The van der Waals surface area contributed by atoms with Gasteiger partial charge in [0.1, 0.15) is 17.7 Å². The molecule has 0 aliphatic heterocycles.